The zero-order chi connectivity index (χ0) is 15.4. The average molecular weight is 295 g/mol. The molecule has 0 radical (unpaired) electrons. The van der Waals surface area contributed by atoms with Crippen molar-refractivity contribution < 1.29 is 19.5 Å². The van der Waals surface area contributed by atoms with E-state index in [1.165, 1.54) is 4.90 Å². The van der Waals surface area contributed by atoms with Crippen molar-refractivity contribution in [2.45, 2.75) is 50.7 Å². The molecule has 3 amide bonds. The molecule has 0 spiro atoms. The van der Waals surface area contributed by atoms with Crippen LogP contribution in [0.5, 0.6) is 0 Å². The van der Waals surface area contributed by atoms with Crippen LogP contribution in [-0.4, -0.2) is 63.5 Å². The highest BCUT2D eigenvalue weighted by Crippen LogP contribution is 2.41. The molecule has 2 bridgehead atoms. The SMILES string of the molecule is CC1(C)NC(=O)N(CCN2C3CCC2C(C(=O)O)C3)C1=O. The quantitative estimate of drug-likeness (QED) is 0.726. The fourth-order valence-electron chi connectivity index (χ4n) is 3.95. The number of carboxylic acids is 1. The van der Waals surface area contributed by atoms with E-state index in [2.05, 4.69) is 10.2 Å². The van der Waals surface area contributed by atoms with Crippen molar-refractivity contribution in [1.82, 2.24) is 15.1 Å². The van der Waals surface area contributed by atoms with E-state index in [1.807, 2.05) is 0 Å². The Morgan fingerprint density at radius 2 is 2.05 bits per heavy atom. The highest BCUT2D eigenvalue weighted by molar-refractivity contribution is 6.06. The third kappa shape index (κ3) is 2.19. The Balaban J connectivity index is 1.63. The van der Waals surface area contributed by atoms with Gasteiger partial charge in [0.2, 0.25) is 0 Å². The second-order valence-corrected chi connectivity index (χ2v) is 6.73. The number of carbonyl (C=O) groups excluding carboxylic acids is 2. The first-order valence-corrected chi connectivity index (χ1v) is 7.44. The second kappa shape index (κ2) is 4.69. The van der Waals surface area contributed by atoms with Gasteiger partial charge in [0, 0.05) is 25.2 Å². The monoisotopic (exact) mass is 295 g/mol. The minimum absolute atomic E-state index is 0.0567. The van der Waals surface area contributed by atoms with Crippen molar-refractivity contribution in [1.29, 1.82) is 0 Å². The summed E-state index contributed by atoms with van der Waals surface area (Å²) in [5.41, 5.74) is -0.843. The predicted molar refractivity (Wildman–Crippen MR) is 73.6 cm³/mol. The molecule has 0 saturated carbocycles. The number of imide groups is 1. The molecule has 3 aliphatic rings. The number of nitrogens with one attached hydrogen (secondary N) is 1. The van der Waals surface area contributed by atoms with E-state index in [0.29, 0.717) is 19.5 Å². The van der Waals surface area contributed by atoms with Gasteiger partial charge in [0.05, 0.1) is 5.92 Å². The van der Waals surface area contributed by atoms with Crippen molar-refractivity contribution in [3.05, 3.63) is 0 Å². The zero-order valence-corrected chi connectivity index (χ0v) is 12.3. The van der Waals surface area contributed by atoms with Crippen LogP contribution in [0.15, 0.2) is 0 Å². The Morgan fingerprint density at radius 3 is 2.57 bits per heavy atom. The maximum absolute atomic E-state index is 12.1. The van der Waals surface area contributed by atoms with Crippen molar-refractivity contribution in [2.75, 3.05) is 13.1 Å². The molecule has 21 heavy (non-hydrogen) atoms. The van der Waals surface area contributed by atoms with Crippen molar-refractivity contribution >= 4 is 17.9 Å². The first-order chi connectivity index (χ1) is 9.81. The second-order valence-electron chi connectivity index (χ2n) is 6.73. The largest absolute Gasteiger partial charge is 0.481 e. The number of nitrogens with zero attached hydrogens (tertiary/aromatic N) is 2. The van der Waals surface area contributed by atoms with Gasteiger partial charge in [-0.25, -0.2) is 4.79 Å². The molecule has 7 nitrogen and oxygen atoms in total. The zero-order valence-electron chi connectivity index (χ0n) is 12.3. The van der Waals surface area contributed by atoms with Crippen LogP contribution in [-0.2, 0) is 9.59 Å². The molecule has 0 aromatic rings. The lowest BCUT2D eigenvalue weighted by Gasteiger charge is -2.25. The average Bonchev–Trinajstić information content (AvgIpc) is 3.00. The van der Waals surface area contributed by atoms with Gasteiger partial charge in [0.15, 0.2) is 0 Å². The number of amides is 3. The molecule has 0 aliphatic carbocycles. The minimum Gasteiger partial charge on any atom is -0.481 e. The lowest BCUT2D eigenvalue weighted by Crippen LogP contribution is -2.43. The van der Waals surface area contributed by atoms with Crippen LogP contribution in [0, 0.1) is 5.92 Å². The topological polar surface area (TPSA) is 90.0 Å². The fraction of sp³-hybridized carbons (Fsp3) is 0.786. The summed E-state index contributed by atoms with van der Waals surface area (Å²) in [6.45, 7) is 4.27. The molecule has 2 N–H and O–H groups in total. The maximum atomic E-state index is 12.1. The van der Waals surface area contributed by atoms with Crippen LogP contribution in [0.1, 0.15) is 33.1 Å². The van der Waals surface area contributed by atoms with E-state index in [-0.39, 0.29) is 29.9 Å². The molecule has 3 saturated heterocycles. The Morgan fingerprint density at radius 1 is 1.33 bits per heavy atom. The summed E-state index contributed by atoms with van der Waals surface area (Å²) >= 11 is 0. The summed E-state index contributed by atoms with van der Waals surface area (Å²) in [7, 11) is 0. The van der Waals surface area contributed by atoms with E-state index in [4.69, 9.17) is 0 Å². The normalized spacial score (nSPS) is 34.6. The summed E-state index contributed by atoms with van der Waals surface area (Å²) in [6, 6.07) is -0.0162. The number of hydrogen-bond acceptors (Lipinski definition) is 4. The molecule has 3 unspecified atom stereocenters. The Labute approximate surface area is 123 Å². The molecule has 3 fully saturated rings. The Kier molecular flexibility index (Phi) is 3.20. The summed E-state index contributed by atoms with van der Waals surface area (Å²) in [6.07, 6.45) is 2.60. The summed E-state index contributed by atoms with van der Waals surface area (Å²) in [5, 5.41) is 11.9. The van der Waals surface area contributed by atoms with Crippen molar-refractivity contribution in [2.24, 2.45) is 5.92 Å². The third-order valence-electron chi connectivity index (χ3n) is 5.02. The minimum atomic E-state index is -0.843. The van der Waals surface area contributed by atoms with Gasteiger partial charge in [0.1, 0.15) is 5.54 Å². The predicted octanol–water partition coefficient (Wildman–Crippen LogP) is 0.254. The highest BCUT2D eigenvalue weighted by Gasteiger charge is 2.50. The third-order valence-corrected chi connectivity index (χ3v) is 5.02. The number of urea groups is 1. The summed E-state index contributed by atoms with van der Waals surface area (Å²) in [4.78, 5) is 38.6. The van der Waals surface area contributed by atoms with Gasteiger partial charge in [-0.05, 0) is 33.1 Å². The number of carboxylic acid groups (broad SMARTS) is 1. The maximum Gasteiger partial charge on any atom is 0.325 e. The highest BCUT2D eigenvalue weighted by atomic mass is 16.4. The van der Waals surface area contributed by atoms with Crippen LogP contribution in [0.25, 0.3) is 0 Å². The number of rotatable bonds is 4. The smallest absolute Gasteiger partial charge is 0.325 e. The molecule has 116 valence electrons. The van der Waals surface area contributed by atoms with Gasteiger partial charge in [-0.3, -0.25) is 19.4 Å². The van der Waals surface area contributed by atoms with Gasteiger partial charge >= 0.3 is 12.0 Å². The van der Waals surface area contributed by atoms with Crippen LogP contribution in [0.2, 0.25) is 0 Å². The molecule has 0 aromatic heterocycles. The number of carbonyl (C=O) groups is 3. The lowest BCUT2D eigenvalue weighted by atomic mass is 9.89. The van der Waals surface area contributed by atoms with Crippen molar-refractivity contribution in [3.8, 4) is 0 Å². The van der Waals surface area contributed by atoms with Gasteiger partial charge in [-0.15, -0.1) is 0 Å². The molecular formula is C14H21N3O4. The molecule has 3 rings (SSSR count). The first-order valence-electron chi connectivity index (χ1n) is 7.44. The Hall–Kier alpha value is -1.63. The van der Waals surface area contributed by atoms with Crippen LogP contribution < -0.4 is 5.32 Å². The van der Waals surface area contributed by atoms with E-state index >= 15 is 0 Å². The molecule has 0 aromatic carbocycles. The van der Waals surface area contributed by atoms with Gasteiger partial charge in [-0.2, -0.15) is 0 Å². The van der Waals surface area contributed by atoms with Crippen molar-refractivity contribution in [3.63, 3.8) is 0 Å². The van der Waals surface area contributed by atoms with Gasteiger partial charge in [-0.1, -0.05) is 0 Å². The van der Waals surface area contributed by atoms with Gasteiger partial charge in [0.25, 0.3) is 5.91 Å². The molecule has 7 heteroatoms. The van der Waals surface area contributed by atoms with E-state index in [9.17, 15) is 19.5 Å². The Bertz CT molecular complexity index is 504. The molecular weight excluding hydrogens is 274 g/mol. The van der Waals surface area contributed by atoms with Gasteiger partial charge < -0.3 is 10.4 Å². The fourth-order valence-corrected chi connectivity index (χ4v) is 3.95. The van der Waals surface area contributed by atoms with Crippen LogP contribution in [0.3, 0.4) is 0 Å². The standard InChI is InChI=1S/C14H21N3O4/c1-14(2)12(20)17(13(21)15-14)6-5-16-8-3-4-10(16)9(7-8)11(18)19/h8-10H,3-7H2,1-2H3,(H,15,21)(H,18,19). The molecule has 3 atom stereocenters. The van der Waals surface area contributed by atoms with E-state index < -0.39 is 11.5 Å². The number of hydrogen-bond donors (Lipinski definition) is 2. The molecule has 3 aliphatic heterocycles. The van der Waals surface area contributed by atoms with Crippen LogP contribution >= 0.6 is 0 Å². The number of fused-ring (bicyclic) bond motifs is 2. The lowest BCUT2D eigenvalue weighted by molar-refractivity contribution is -0.142. The summed E-state index contributed by atoms with van der Waals surface area (Å²) in [5.74, 6) is -1.25. The number of aliphatic carboxylic acids is 1. The first kappa shape index (κ1) is 14.3. The molecule has 3 heterocycles. The summed E-state index contributed by atoms with van der Waals surface area (Å²) < 4.78 is 0. The van der Waals surface area contributed by atoms with E-state index in [0.717, 1.165) is 12.8 Å². The van der Waals surface area contributed by atoms with Crippen LogP contribution in [0.4, 0.5) is 4.79 Å². The van der Waals surface area contributed by atoms with E-state index in [1.54, 1.807) is 13.8 Å².